The summed E-state index contributed by atoms with van der Waals surface area (Å²) < 4.78 is 0. The first kappa shape index (κ1) is 24.3. The van der Waals surface area contributed by atoms with E-state index in [2.05, 4.69) is 107 Å². The Morgan fingerprint density at radius 1 is 0.889 bits per heavy atom. The quantitative estimate of drug-likeness (QED) is 0.298. The van der Waals surface area contributed by atoms with E-state index in [0.29, 0.717) is 16.9 Å². The van der Waals surface area contributed by atoms with Crippen LogP contribution in [-0.2, 0) is 5.41 Å². The average Bonchev–Trinajstić information content (AvgIpc) is 2.87. The second kappa shape index (κ2) is 9.21. The fraction of sp³-hybridized carbons (Fsp3) is 0.353. The molecule has 0 atom stereocenters. The van der Waals surface area contributed by atoms with E-state index in [1.807, 2.05) is 0 Å². The van der Waals surface area contributed by atoms with Gasteiger partial charge in [-0.15, -0.1) is 0 Å². The maximum atomic E-state index is 9.85. The fourth-order valence-electron chi connectivity index (χ4n) is 5.69. The summed E-state index contributed by atoms with van der Waals surface area (Å²) in [6.45, 7) is 11.5. The van der Waals surface area contributed by atoms with Gasteiger partial charge in [0.25, 0.3) is 0 Å². The van der Waals surface area contributed by atoms with Gasteiger partial charge < -0.3 is 0 Å². The SMILES string of the molecule is CC1(C)CCC(c2ccc(-c3cc(-c4cc(C(C)(C)C)c5ccccc5c4)ncc3C#N)cc2)CC1. The van der Waals surface area contributed by atoms with Crippen molar-refractivity contribution in [3.8, 4) is 28.5 Å². The number of pyridine rings is 1. The Labute approximate surface area is 216 Å². The van der Waals surface area contributed by atoms with Gasteiger partial charge in [0.15, 0.2) is 0 Å². The minimum Gasteiger partial charge on any atom is -0.255 e. The highest BCUT2D eigenvalue weighted by atomic mass is 14.7. The van der Waals surface area contributed by atoms with E-state index in [9.17, 15) is 5.26 Å². The molecule has 5 rings (SSSR count). The third-order valence-corrected chi connectivity index (χ3v) is 8.02. The van der Waals surface area contributed by atoms with Crippen LogP contribution in [0.25, 0.3) is 33.2 Å². The van der Waals surface area contributed by atoms with Crippen molar-refractivity contribution in [1.82, 2.24) is 4.98 Å². The molecule has 1 saturated carbocycles. The average molecular weight is 473 g/mol. The van der Waals surface area contributed by atoms with Crippen LogP contribution in [0.4, 0.5) is 0 Å². The van der Waals surface area contributed by atoms with Gasteiger partial charge in [0, 0.05) is 17.3 Å². The molecular formula is C34H36N2. The number of hydrogen-bond acceptors (Lipinski definition) is 2. The maximum absolute atomic E-state index is 9.85. The van der Waals surface area contributed by atoms with Gasteiger partial charge >= 0.3 is 0 Å². The van der Waals surface area contributed by atoms with Crippen LogP contribution < -0.4 is 0 Å². The number of nitrogens with zero attached hydrogens (tertiary/aromatic N) is 2. The second-order valence-electron chi connectivity index (χ2n) is 12.3. The highest BCUT2D eigenvalue weighted by molar-refractivity contribution is 5.91. The van der Waals surface area contributed by atoms with Crippen LogP contribution in [0.5, 0.6) is 0 Å². The third kappa shape index (κ3) is 4.80. The van der Waals surface area contributed by atoms with Crippen molar-refractivity contribution in [3.05, 3.63) is 89.6 Å². The fourth-order valence-corrected chi connectivity index (χ4v) is 5.69. The lowest BCUT2D eigenvalue weighted by molar-refractivity contribution is 0.224. The first-order valence-electron chi connectivity index (χ1n) is 13.2. The van der Waals surface area contributed by atoms with Gasteiger partial charge in [0.1, 0.15) is 6.07 Å². The molecule has 1 heterocycles. The van der Waals surface area contributed by atoms with Crippen LogP contribution in [0.2, 0.25) is 0 Å². The summed E-state index contributed by atoms with van der Waals surface area (Å²) in [5.74, 6) is 0.643. The van der Waals surface area contributed by atoms with E-state index in [1.54, 1.807) is 6.20 Å². The summed E-state index contributed by atoms with van der Waals surface area (Å²) in [4.78, 5) is 4.72. The largest absolute Gasteiger partial charge is 0.255 e. The van der Waals surface area contributed by atoms with Crippen molar-refractivity contribution in [1.29, 1.82) is 5.26 Å². The Kier molecular flexibility index (Phi) is 6.21. The molecule has 3 aromatic carbocycles. The molecule has 0 amide bonds. The number of rotatable bonds is 3. The predicted octanol–water partition coefficient (Wildman–Crippen LogP) is 9.42. The van der Waals surface area contributed by atoms with Crippen molar-refractivity contribution in [3.63, 3.8) is 0 Å². The number of nitriles is 1. The second-order valence-corrected chi connectivity index (χ2v) is 12.3. The lowest BCUT2D eigenvalue weighted by Crippen LogP contribution is -2.20. The zero-order chi connectivity index (χ0) is 25.5. The van der Waals surface area contributed by atoms with E-state index in [4.69, 9.17) is 4.98 Å². The summed E-state index contributed by atoms with van der Waals surface area (Å²) in [6.07, 6.45) is 6.82. The van der Waals surface area contributed by atoms with Gasteiger partial charge in [-0.3, -0.25) is 4.98 Å². The molecule has 1 fully saturated rings. The van der Waals surface area contributed by atoms with Gasteiger partial charge in [-0.05, 0) is 88.1 Å². The van der Waals surface area contributed by atoms with Gasteiger partial charge in [-0.25, -0.2) is 0 Å². The van der Waals surface area contributed by atoms with Crippen molar-refractivity contribution >= 4 is 10.8 Å². The van der Waals surface area contributed by atoms with Gasteiger partial charge in [0.05, 0.1) is 11.3 Å². The summed E-state index contributed by atoms with van der Waals surface area (Å²) in [6, 6.07) is 26.4. The van der Waals surface area contributed by atoms with Crippen molar-refractivity contribution in [2.75, 3.05) is 0 Å². The van der Waals surface area contributed by atoms with Crippen molar-refractivity contribution < 1.29 is 0 Å². The van der Waals surface area contributed by atoms with Crippen LogP contribution >= 0.6 is 0 Å². The first-order valence-corrected chi connectivity index (χ1v) is 13.2. The predicted molar refractivity (Wildman–Crippen MR) is 151 cm³/mol. The highest BCUT2D eigenvalue weighted by Gasteiger charge is 2.27. The molecule has 0 bridgehead atoms. The smallest absolute Gasteiger partial charge is 0.101 e. The van der Waals surface area contributed by atoms with Crippen molar-refractivity contribution in [2.24, 2.45) is 5.41 Å². The van der Waals surface area contributed by atoms with Crippen LogP contribution in [-0.4, -0.2) is 4.98 Å². The van der Waals surface area contributed by atoms with Crippen LogP contribution in [0.3, 0.4) is 0 Å². The summed E-state index contributed by atoms with van der Waals surface area (Å²) >= 11 is 0. The molecule has 0 spiro atoms. The van der Waals surface area contributed by atoms with Crippen LogP contribution in [0.15, 0.2) is 72.9 Å². The Hall–Kier alpha value is -3.44. The van der Waals surface area contributed by atoms with E-state index in [0.717, 1.165) is 22.4 Å². The number of benzene rings is 3. The lowest BCUT2D eigenvalue weighted by atomic mass is 9.71. The molecule has 0 radical (unpaired) electrons. The zero-order valence-corrected chi connectivity index (χ0v) is 22.2. The molecule has 0 N–H and O–H groups in total. The molecule has 0 saturated heterocycles. The number of fused-ring (bicyclic) bond motifs is 1. The Morgan fingerprint density at radius 3 is 2.25 bits per heavy atom. The van der Waals surface area contributed by atoms with E-state index in [1.165, 1.54) is 47.6 Å². The molecule has 4 aromatic rings. The van der Waals surface area contributed by atoms with Crippen LogP contribution in [0, 0.1) is 16.7 Å². The molecule has 182 valence electrons. The number of aromatic nitrogens is 1. The van der Waals surface area contributed by atoms with Crippen LogP contribution in [0.1, 0.15) is 82.9 Å². The molecule has 1 aliphatic carbocycles. The molecule has 2 heteroatoms. The van der Waals surface area contributed by atoms with E-state index < -0.39 is 0 Å². The zero-order valence-electron chi connectivity index (χ0n) is 22.2. The highest BCUT2D eigenvalue weighted by Crippen LogP contribution is 2.43. The molecule has 0 unspecified atom stereocenters. The maximum Gasteiger partial charge on any atom is 0.101 e. The minimum absolute atomic E-state index is 0.00913. The monoisotopic (exact) mass is 472 g/mol. The molecular weight excluding hydrogens is 436 g/mol. The summed E-state index contributed by atoms with van der Waals surface area (Å²) in [5.41, 5.74) is 7.84. The molecule has 2 nitrogen and oxygen atoms in total. The molecule has 36 heavy (non-hydrogen) atoms. The van der Waals surface area contributed by atoms with Gasteiger partial charge in [-0.1, -0.05) is 83.1 Å². The lowest BCUT2D eigenvalue weighted by Gasteiger charge is -2.34. The Balaban J connectivity index is 1.53. The van der Waals surface area contributed by atoms with E-state index in [-0.39, 0.29) is 5.41 Å². The molecule has 1 aromatic heterocycles. The van der Waals surface area contributed by atoms with E-state index >= 15 is 0 Å². The van der Waals surface area contributed by atoms with Crippen molar-refractivity contribution in [2.45, 2.75) is 71.6 Å². The Morgan fingerprint density at radius 2 is 1.58 bits per heavy atom. The first-order chi connectivity index (χ1) is 17.1. The normalized spacial score (nSPS) is 16.1. The summed E-state index contributed by atoms with van der Waals surface area (Å²) in [5, 5.41) is 12.3. The molecule has 1 aliphatic rings. The molecule has 0 aliphatic heterocycles. The Bertz CT molecular complexity index is 1440. The number of hydrogen-bond donors (Lipinski definition) is 0. The van der Waals surface area contributed by atoms with Gasteiger partial charge in [0.2, 0.25) is 0 Å². The minimum atomic E-state index is 0.00913. The van der Waals surface area contributed by atoms with Gasteiger partial charge in [-0.2, -0.15) is 5.26 Å². The topological polar surface area (TPSA) is 36.7 Å². The summed E-state index contributed by atoms with van der Waals surface area (Å²) in [7, 11) is 0. The standard InChI is InChI=1S/C34H36N2/c1-33(2,3)31-19-27(18-26-8-6-7-9-29(26)31)32-20-30(28(21-35)22-36-32)25-12-10-23(11-13-25)24-14-16-34(4,5)17-15-24/h6-13,18-20,22,24H,14-17H2,1-5H3. The third-order valence-electron chi connectivity index (χ3n) is 8.02.